The first-order valence-corrected chi connectivity index (χ1v) is 9.36. The average molecular weight is 399 g/mol. The van der Waals surface area contributed by atoms with Crippen molar-refractivity contribution in [1.82, 2.24) is 14.4 Å². The second-order valence-electron chi connectivity index (χ2n) is 5.84. The number of carbonyl (C=O) groups excluding carboxylic acids is 1. The van der Waals surface area contributed by atoms with Crippen LogP contribution in [0.15, 0.2) is 48.0 Å². The zero-order chi connectivity index (χ0) is 19.0. The largest absolute Gasteiger partial charge is 0.497 e. The van der Waals surface area contributed by atoms with Gasteiger partial charge in [0, 0.05) is 28.2 Å². The fourth-order valence-electron chi connectivity index (χ4n) is 2.79. The van der Waals surface area contributed by atoms with Gasteiger partial charge in [0.1, 0.15) is 17.1 Å². The standard InChI is InChI=1S/C19H15ClN4O2S/c1-11-17(24-8-7-13(20)9-16(24)21-11)18(25)23-19-22-15(10-27-19)12-3-5-14(26-2)6-4-12/h3-10H,1-2H3,(H,22,23,25). The topological polar surface area (TPSA) is 68.5 Å². The van der Waals surface area contributed by atoms with Crippen molar-refractivity contribution in [3.05, 3.63) is 64.4 Å². The van der Waals surface area contributed by atoms with Crippen molar-refractivity contribution in [2.75, 3.05) is 12.4 Å². The maximum absolute atomic E-state index is 12.8. The van der Waals surface area contributed by atoms with Crippen LogP contribution in [0.2, 0.25) is 5.02 Å². The van der Waals surface area contributed by atoms with Gasteiger partial charge in [-0.15, -0.1) is 11.3 Å². The van der Waals surface area contributed by atoms with Gasteiger partial charge in [0.05, 0.1) is 18.5 Å². The van der Waals surface area contributed by atoms with E-state index in [1.165, 1.54) is 11.3 Å². The Morgan fingerprint density at radius 1 is 1.22 bits per heavy atom. The second-order valence-corrected chi connectivity index (χ2v) is 7.13. The molecule has 0 radical (unpaired) electrons. The van der Waals surface area contributed by atoms with E-state index in [0.29, 0.717) is 27.2 Å². The fourth-order valence-corrected chi connectivity index (χ4v) is 3.66. The smallest absolute Gasteiger partial charge is 0.276 e. The number of benzene rings is 1. The van der Waals surface area contributed by atoms with Crippen molar-refractivity contribution in [2.45, 2.75) is 6.92 Å². The maximum Gasteiger partial charge on any atom is 0.276 e. The number of imidazole rings is 1. The van der Waals surface area contributed by atoms with Crippen LogP contribution in [-0.2, 0) is 0 Å². The highest BCUT2D eigenvalue weighted by atomic mass is 35.5. The number of thiazole rings is 1. The third-order valence-corrected chi connectivity index (χ3v) is 5.08. The van der Waals surface area contributed by atoms with Crippen molar-refractivity contribution in [3.8, 4) is 17.0 Å². The molecule has 0 spiro atoms. The number of fused-ring (bicyclic) bond motifs is 1. The molecule has 0 unspecified atom stereocenters. The Morgan fingerprint density at radius 2 is 2.00 bits per heavy atom. The van der Waals surface area contributed by atoms with E-state index in [1.807, 2.05) is 29.6 Å². The van der Waals surface area contributed by atoms with E-state index in [1.54, 1.807) is 36.8 Å². The third kappa shape index (κ3) is 3.39. The molecule has 0 atom stereocenters. The summed E-state index contributed by atoms with van der Waals surface area (Å²) in [5, 5.41) is 5.85. The van der Waals surface area contributed by atoms with Gasteiger partial charge in [0.15, 0.2) is 5.13 Å². The van der Waals surface area contributed by atoms with Gasteiger partial charge in [-0.25, -0.2) is 9.97 Å². The van der Waals surface area contributed by atoms with Crippen LogP contribution in [0.5, 0.6) is 5.75 Å². The number of hydrogen-bond donors (Lipinski definition) is 1. The van der Waals surface area contributed by atoms with Gasteiger partial charge in [-0.2, -0.15) is 0 Å². The number of aromatic nitrogens is 3. The van der Waals surface area contributed by atoms with Gasteiger partial charge in [-0.05, 0) is 37.3 Å². The minimum Gasteiger partial charge on any atom is -0.497 e. The molecule has 0 fully saturated rings. The predicted molar refractivity (Wildman–Crippen MR) is 107 cm³/mol. The quantitative estimate of drug-likeness (QED) is 0.542. The number of rotatable bonds is 4. The summed E-state index contributed by atoms with van der Waals surface area (Å²) in [6.45, 7) is 1.79. The molecule has 1 amide bonds. The summed E-state index contributed by atoms with van der Waals surface area (Å²) >= 11 is 7.37. The van der Waals surface area contributed by atoms with E-state index in [4.69, 9.17) is 16.3 Å². The molecule has 0 saturated heterocycles. The summed E-state index contributed by atoms with van der Waals surface area (Å²) in [5.74, 6) is 0.517. The Morgan fingerprint density at radius 3 is 2.74 bits per heavy atom. The Bertz CT molecular complexity index is 1130. The molecular weight excluding hydrogens is 384 g/mol. The Labute approximate surface area is 164 Å². The molecule has 0 aliphatic carbocycles. The monoisotopic (exact) mass is 398 g/mol. The molecule has 27 heavy (non-hydrogen) atoms. The zero-order valence-corrected chi connectivity index (χ0v) is 16.1. The van der Waals surface area contributed by atoms with E-state index >= 15 is 0 Å². The average Bonchev–Trinajstić information content (AvgIpc) is 3.24. The second kappa shape index (κ2) is 7.02. The lowest BCUT2D eigenvalue weighted by Crippen LogP contribution is -2.15. The number of halogens is 1. The fraction of sp³-hybridized carbons (Fsp3) is 0.105. The minimum atomic E-state index is -0.266. The van der Waals surface area contributed by atoms with E-state index < -0.39 is 0 Å². The molecule has 6 nitrogen and oxygen atoms in total. The summed E-state index contributed by atoms with van der Waals surface area (Å²) < 4.78 is 6.88. The molecular formula is C19H15ClN4O2S. The van der Waals surface area contributed by atoms with Crippen molar-refractivity contribution in [3.63, 3.8) is 0 Å². The van der Waals surface area contributed by atoms with Gasteiger partial charge >= 0.3 is 0 Å². The molecule has 0 bridgehead atoms. The van der Waals surface area contributed by atoms with Crippen LogP contribution in [0.25, 0.3) is 16.9 Å². The van der Waals surface area contributed by atoms with Crippen molar-refractivity contribution >= 4 is 39.6 Å². The van der Waals surface area contributed by atoms with E-state index in [9.17, 15) is 4.79 Å². The number of hydrogen-bond acceptors (Lipinski definition) is 5. The summed E-state index contributed by atoms with van der Waals surface area (Å²) in [4.78, 5) is 21.7. The highest BCUT2D eigenvalue weighted by molar-refractivity contribution is 7.14. The maximum atomic E-state index is 12.8. The molecule has 136 valence electrons. The third-order valence-electron chi connectivity index (χ3n) is 4.09. The number of amides is 1. The van der Waals surface area contributed by atoms with E-state index in [2.05, 4.69) is 15.3 Å². The Hall–Kier alpha value is -2.90. The van der Waals surface area contributed by atoms with Crippen LogP contribution in [0, 0.1) is 6.92 Å². The molecule has 8 heteroatoms. The number of nitrogens with zero attached hydrogens (tertiary/aromatic N) is 3. The molecule has 0 aliphatic rings. The number of carbonyl (C=O) groups is 1. The molecule has 1 N–H and O–H groups in total. The number of aryl methyl sites for hydroxylation is 1. The van der Waals surface area contributed by atoms with Crippen LogP contribution in [0.1, 0.15) is 16.2 Å². The zero-order valence-electron chi connectivity index (χ0n) is 14.6. The molecule has 1 aromatic carbocycles. The molecule has 3 heterocycles. The van der Waals surface area contributed by atoms with Crippen molar-refractivity contribution in [1.29, 1.82) is 0 Å². The normalized spacial score (nSPS) is 10.9. The molecule has 0 aliphatic heterocycles. The Kier molecular flexibility index (Phi) is 4.55. The first kappa shape index (κ1) is 17.5. The van der Waals surface area contributed by atoms with E-state index in [0.717, 1.165) is 17.0 Å². The van der Waals surface area contributed by atoms with Crippen LogP contribution >= 0.6 is 22.9 Å². The summed E-state index contributed by atoms with van der Waals surface area (Å²) in [6, 6.07) is 11.0. The lowest BCUT2D eigenvalue weighted by Gasteiger charge is -2.03. The van der Waals surface area contributed by atoms with Gasteiger partial charge in [0.2, 0.25) is 0 Å². The van der Waals surface area contributed by atoms with Gasteiger partial charge in [-0.3, -0.25) is 14.5 Å². The predicted octanol–water partition coefficient (Wildman–Crippen LogP) is 4.68. The van der Waals surface area contributed by atoms with Crippen LogP contribution in [-0.4, -0.2) is 27.4 Å². The van der Waals surface area contributed by atoms with Gasteiger partial charge in [-0.1, -0.05) is 11.6 Å². The van der Waals surface area contributed by atoms with Crippen LogP contribution in [0.4, 0.5) is 5.13 Å². The molecule has 4 rings (SSSR count). The number of pyridine rings is 1. The van der Waals surface area contributed by atoms with E-state index in [-0.39, 0.29) is 5.91 Å². The number of ether oxygens (including phenoxy) is 1. The van der Waals surface area contributed by atoms with Crippen molar-refractivity contribution in [2.24, 2.45) is 0 Å². The summed E-state index contributed by atoms with van der Waals surface area (Å²) in [5.41, 5.74) is 3.46. The van der Waals surface area contributed by atoms with Gasteiger partial charge < -0.3 is 4.74 Å². The van der Waals surface area contributed by atoms with Gasteiger partial charge in [0.25, 0.3) is 5.91 Å². The molecule has 0 saturated carbocycles. The number of nitrogens with one attached hydrogen (secondary N) is 1. The van der Waals surface area contributed by atoms with Crippen LogP contribution in [0.3, 0.4) is 0 Å². The number of methoxy groups -OCH3 is 1. The lowest BCUT2D eigenvalue weighted by atomic mass is 10.2. The summed E-state index contributed by atoms with van der Waals surface area (Å²) in [7, 11) is 1.63. The lowest BCUT2D eigenvalue weighted by molar-refractivity contribution is 0.102. The van der Waals surface area contributed by atoms with Crippen LogP contribution < -0.4 is 10.1 Å². The SMILES string of the molecule is COc1ccc(-c2csc(NC(=O)c3c(C)nc4cc(Cl)ccn34)n2)cc1. The first-order chi connectivity index (χ1) is 13.0. The van der Waals surface area contributed by atoms with Crippen molar-refractivity contribution < 1.29 is 9.53 Å². The highest BCUT2D eigenvalue weighted by Crippen LogP contribution is 2.27. The minimum absolute atomic E-state index is 0.266. The Balaban J connectivity index is 1.59. The molecule has 4 aromatic rings. The molecule has 3 aromatic heterocycles. The highest BCUT2D eigenvalue weighted by Gasteiger charge is 2.18. The first-order valence-electron chi connectivity index (χ1n) is 8.10. The number of anilines is 1. The summed E-state index contributed by atoms with van der Waals surface area (Å²) in [6.07, 6.45) is 1.73.